The van der Waals surface area contributed by atoms with Crippen LogP contribution in [0.25, 0.3) is 16.7 Å². The second-order valence-electron chi connectivity index (χ2n) is 12.3. The van der Waals surface area contributed by atoms with Crippen LogP contribution in [0.4, 0.5) is 5.69 Å². The molecule has 1 aromatic carbocycles. The summed E-state index contributed by atoms with van der Waals surface area (Å²) < 4.78 is 12.7. The number of rotatable bonds is 10. The topological polar surface area (TPSA) is 102 Å². The molecule has 2 heterocycles. The van der Waals surface area contributed by atoms with E-state index >= 15 is 0 Å². The molecule has 0 fully saturated rings. The van der Waals surface area contributed by atoms with Crippen LogP contribution in [-0.4, -0.2) is 42.2 Å². The number of carbonyl (C=O) groups is 1. The summed E-state index contributed by atoms with van der Waals surface area (Å²) in [6.45, 7) is 12.2. The zero-order valence-corrected chi connectivity index (χ0v) is 25.4. The highest BCUT2D eigenvalue weighted by molar-refractivity contribution is 6.76. The minimum absolute atomic E-state index is 0.151. The molecule has 0 radical (unpaired) electrons. The third-order valence-corrected chi connectivity index (χ3v) is 8.89. The Morgan fingerprint density at radius 2 is 1.98 bits per heavy atom. The smallest absolute Gasteiger partial charge is 0.291 e. The maximum atomic E-state index is 13.5. The molecule has 3 aromatic rings. The van der Waals surface area contributed by atoms with Crippen LogP contribution in [0.1, 0.15) is 55.0 Å². The van der Waals surface area contributed by atoms with Crippen molar-refractivity contribution < 1.29 is 14.3 Å². The highest BCUT2D eigenvalue weighted by Gasteiger charge is 2.25. The van der Waals surface area contributed by atoms with E-state index in [0.29, 0.717) is 18.2 Å². The van der Waals surface area contributed by atoms with Gasteiger partial charge in [-0.25, -0.2) is 9.97 Å². The van der Waals surface area contributed by atoms with E-state index in [-0.39, 0.29) is 29.6 Å². The van der Waals surface area contributed by atoms with Crippen molar-refractivity contribution >= 4 is 25.2 Å². The maximum absolute atomic E-state index is 13.5. The highest BCUT2D eigenvalue weighted by Crippen LogP contribution is 2.41. The van der Waals surface area contributed by atoms with E-state index < -0.39 is 8.07 Å². The van der Waals surface area contributed by atoms with Crippen molar-refractivity contribution in [3.8, 4) is 23.1 Å². The molecular weight excluding hydrogens is 518 g/mol. The predicted octanol–water partition coefficient (Wildman–Crippen LogP) is 6.98. The molecule has 9 heteroatoms. The molecule has 0 saturated carbocycles. The van der Waals surface area contributed by atoms with Crippen molar-refractivity contribution in [3.63, 3.8) is 0 Å². The zero-order valence-electron chi connectivity index (χ0n) is 24.4. The van der Waals surface area contributed by atoms with Crippen LogP contribution in [0, 0.1) is 16.7 Å². The summed E-state index contributed by atoms with van der Waals surface area (Å²) in [5, 5.41) is 12.5. The van der Waals surface area contributed by atoms with E-state index in [2.05, 4.69) is 60.9 Å². The van der Waals surface area contributed by atoms with Crippen molar-refractivity contribution in [1.29, 1.82) is 5.26 Å². The number of hydrogen-bond donors (Lipinski definition) is 1. The minimum Gasteiger partial charge on any atom is -0.481 e. The van der Waals surface area contributed by atoms with Crippen molar-refractivity contribution in [2.45, 2.75) is 65.5 Å². The van der Waals surface area contributed by atoms with E-state index in [9.17, 15) is 10.1 Å². The second kappa shape index (κ2) is 12.2. The quantitative estimate of drug-likeness (QED) is 0.213. The Labute approximate surface area is 238 Å². The fourth-order valence-electron chi connectivity index (χ4n) is 4.56. The van der Waals surface area contributed by atoms with Gasteiger partial charge in [0.1, 0.15) is 12.8 Å². The van der Waals surface area contributed by atoms with E-state index in [0.717, 1.165) is 42.0 Å². The van der Waals surface area contributed by atoms with Gasteiger partial charge in [-0.3, -0.25) is 4.79 Å². The lowest BCUT2D eigenvalue weighted by Gasteiger charge is -2.29. The number of hydrogen-bond acceptors (Lipinski definition) is 6. The van der Waals surface area contributed by atoms with E-state index in [1.807, 2.05) is 30.3 Å². The summed E-state index contributed by atoms with van der Waals surface area (Å²) >= 11 is 0. The predicted molar refractivity (Wildman–Crippen MR) is 161 cm³/mol. The number of benzene rings is 1. The van der Waals surface area contributed by atoms with Gasteiger partial charge in [0, 0.05) is 50.0 Å². The molecule has 0 spiro atoms. The van der Waals surface area contributed by atoms with Gasteiger partial charge in [-0.15, -0.1) is 0 Å². The Kier molecular flexibility index (Phi) is 8.91. The average Bonchev–Trinajstić information content (AvgIpc) is 3.34. The van der Waals surface area contributed by atoms with Gasteiger partial charge in [0.2, 0.25) is 11.7 Å². The Morgan fingerprint density at radius 1 is 1.20 bits per heavy atom. The SMILES string of the molecule is COc1ccc(-c2ccc(NC(=O)c3nc(C#N)cn3COCC[Si](C)(C)C)c(C3=CCC(C)(C)CC3)c2)cn1. The normalized spacial score (nSPS) is 14.8. The van der Waals surface area contributed by atoms with Crippen LogP contribution in [-0.2, 0) is 11.5 Å². The van der Waals surface area contributed by atoms with Gasteiger partial charge in [-0.2, -0.15) is 5.26 Å². The molecule has 0 saturated heterocycles. The summed E-state index contributed by atoms with van der Waals surface area (Å²) in [7, 11) is 0.350. The second-order valence-corrected chi connectivity index (χ2v) is 17.9. The van der Waals surface area contributed by atoms with Crippen molar-refractivity contribution in [3.05, 3.63) is 65.9 Å². The van der Waals surface area contributed by atoms with Crippen LogP contribution < -0.4 is 10.1 Å². The number of nitrogens with zero attached hydrogens (tertiary/aromatic N) is 4. The number of pyridine rings is 1. The number of imidazole rings is 1. The molecule has 0 unspecified atom stereocenters. The summed E-state index contributed by atoms with van der Waals surface area (Å²) in [4.78, 5) is 22.2. The van der Waals surface area contributed by atoms with Crippen LogP contribution in [0.2, 0.25) is 25.7 Å². The number of methoxy groups -OCH3 is 1. The Bertz CT molecular complexity index is 1430. The molecular formula is C31H39N5O3Si. The van der Waals surface area contributed by atoms with Gasteiger partial charge in [-0.1, -0.05) is 45.6 Å². The third-order valence-electron chi connectivity index (χ3n) is 7.19. The van der Waals surface area contributed by atoms with Crippen molar-refractivity contribution in [1.82, 2.24) is 14.5 Å². The summed E-state index contributed by atoms with van der Waals surface area (Å²) in [5.74, 6) is 0.326. The average molecular weight is 558 g/mol. The van der Waals surface area contributed by atoms with Crippen LogP contribution in [0.15, 0.2) is 48.8 Å². The van der Waals surface area contributed by atoms with E-state index in [1.54, 1.807) is 24.1 Å². The molecule has 1 amide bonds. The van der Waals surface area contributed by atoms with Gasteiger partial charge < -0.3 is 19.4 Å². The first-order valence-electron chi connectivity index (χ1n) is 13.7. The monoisotopic (exact) mass is 557 g/mol. The third kappa shape index (κ3) is 7.46. The number of amides is 1. The van der Waals surface area contributed by atoms with Crippen molar-refractivity contribution in [2.24, 2.45) is 5.41 Å². The zero-order chi connectivity index (χ0) is 28.9. The van der Waals surface area contributed by atoms with Gasteiger partial charge >= 0.3 is 0 Å². The first kappa shape index (κ1) is 29.2. The molecule has 0 atom stereocenters. The fourth-order valence-corrected chi connectivity index (χ4v) is 5.32. The van der Waals surface area contributed by atoms with Crippen LogP contribution in [0.5, 0.6) is 5.88 Å². The first-order valence-corrected chi connectivity index (χ1v) is 17.4. The van der Waals surface area contributed by atoms with Crippen LogP contribution in [0.3, 0.4) is 0 Å². The van der Waals surface area contributed by atoms with Gasteiger partial charge in [0.15, 0.2) is 5.69 Å². The molecule has 2 aromatic heterocycles. The molecule has 4 rings (SSSR count). The number of carbonyl (C=O) groups excluding carboxylic acids is 1. The minimum atomic E-state index is -1.25. The Balaban J connectivity index is 1.63. The molecule has 1 aliphatic carbocycles. The molecule has 8 nitrogen and oxygen atoms in total. The summed E-state index contributed by atoms with van der Waals surface area (Å²) in [5.41, 5.74) is 5.26. The van der Waals surface area contributed by atoms with Crippen LogP contribution >= 0.6 is 0 Å². The molecule has 210 valence electrons. The lowest BCUT2D eigenvalue weighted by Crippen LogP contribution is -2.23. The standard InChI is InChI=1S/C31H39N5O3Si/c1-31(2)13-11-22(12-14-31)26-17-23(24-8-10-28(38-3)33-19-24)7-9-27(26)35-30(37)29-34-25(18-32)20-36(29)21-39-15-16-40(4,5)6/h7-11,17,19-20H,12-16,21H2,1-6H3,(H,35,37). The summed E-state index contributed by atoms with van der Waals surface area (Å²) in [6, 6.07) is 12.9. The fraction of sp³-hybridized carbons (Fsp3) is 0.419. The number of aromatic nitrogens is 3. The molecule has 1 aliphatic rings. The first-order chi connectivity index (χ1) is 19.0. The lowest BCUT2D eigenvalue weighted by molar-refractivity contribution is 0.0808. The van der Waals surface area contributed by atoms with Gasteiger partial charge in [0.05, 0.1) is 7.11 Å². The molecule has 0 bridgehead atoms. The number of allylic oxidation sites excluding steroid dienone is 2. The van der Waals surface area contributed by atoms with Crippen molar-refractivity contribution in [2.75, 3.05) is 19.0 Å². The maximum Gasteiger partial charge on any atom is 0.291 e. The van der Waals surface area contributed by atoms with Gasteiger partial charge in [-0.05, 0) is 60.1 Å². The largest absolute Gasteiger partial charge is 0.481 e. The van der Waals surface area contributed by atoms with E-state index in [4.69, 9.17) is 9.47 Å². The van der Waals surface area contributed by atoms with E-state index in [1.165, 1.54) is 5.57 Å². The molecule has 1 N–H and O–H groups in total. The van der Waals surface area contributed by atoms with Gasteiger partial charge in [0.25, 0.3) is 5.91 Å². The number of ether oxygens (including phenoxy) is 2. The highest BCUT2D eigenvalue weighted by atomic mass is 28.3. The molecule has 40 heavy (non-hydrogen) atoms. The summed E-state index contributed by atoms with van der Waals surface area (Å²) in [6.07, 6.45) is 8.58. The lowest BCUT2D eigenvalue weighted by atomic mass is 9.76. The number of nitriles is 1. The number of anilines is 1. The molecule has 0 aliphatic heterocycles. The number of nitrogens with one attached hydrogen (secondary N) is 1. The Hall–Kier alpha value is -3.74. The Morgan fingerprint density at radius 3 is 2.60 bits per heavy atom.